The molecule has 0 saturated carbocycles. The number of hydrogen-bond acceptors (Lipinski definition) is 3. The average Bonchev–Trinajstić information content (AvgIpc) is 2.49. The fourth-order valence-electron chi connectivity index (χ4n) is 2.18. The first-order valence-corrected chi connectivity index (χ1v) is 8.19. The largest absolute Gasteiger partial charge is 0.513 e. The van der Waals surface area contributed by atoms with Crippen LogP contribution in [0.1, 0.15) is 64.4 Å². The number of carbonyl (C=O) groups excluding carboxylic acids is 1. The zero-order valence-corrected chi connectivity index (χ0v) is 13.4. The molecule has 0 spiro atoms. The van der Waals surface area contributed by atoms with Crippen molar-refractivity contribution in [2.45, 2.75) is 65.2 Å². The zero-order chi connectivity index (χ0) is 15.3. The lowest BCUT2D eigenvalue weighted by Gasteiger charge is -2.06. The Labute approximate surface area is 128 Å². The number of aryl methyl sites for hydroxylation is 1. The number of benzene rings is 1. The Hall–Kier alpha value is -1.51. The van der Waals surface area contributed by atoms with Gasteiger partial charge in [-0.3, -0.25) is 0 Å². The molecule has 21 heavy (non-hydrogen) atoms. The summed E-state index contributed by atoms with van der Waals surface area (Å²) in [5, 5.41) is 0. The van der Waals surface area contributed by atoms with Gasteiger partial charge in [-0.2, -0.15) is 0 Å². The van der Waals surface area contributed by atoms with Crippen molar-refractivity contribution in [1.82, 2.24) is 0 Å². The molecule has 0 aliphatic rings. The van der Waals surface area contributed by atoms with E-state index in [4.69, 9.17) is 9.47 Å². The Bertz CT molecular complexity index is 384. The monoisotopic (exact) mass is 292 g/mol. The molecule has 0 aromatic heterocycles. The second kappa shape index (κ2) is 11.2. The van der Waals surface area contributed by atoms with Gasteiger partial charge in [-0.15, -0.1) is 0 Å². The molecule has 1 rings (SSSR count). The zero-order valence-electron chi connectivity index (χ0n) is 13.4. The van der Waals surface area contributed by atoms with Crippen LogP contribution in [0.25, 0.3) is 0 Å². The topological polar surface area (TPSA) is 35.5 Å². The van der Waals surface area contributed by atoms with Gasteiger partial charge in [0.2, 0.25) is 0 Å². The van der Waals surface area contributed by atoms with Gasteiger partial charge in [-0.05, 0) is 30.5 Å². The third-order valence-electron chi connectivity index (χ3n) is 3.38. The summed E-state index contributed by atoms with van der Waals surface area (Å²) < 4.78 is 10.2. The molecule has 1 aromatic carbocycles. The van der Waals surface area contributed by atoms with Crippen molar-refractivity contribution in [1.29, 1.82) is 0 Å². The maximum atomic E-state index is 11.5. The van der Waals surface area contributed by atoms with Gasteiger partial charge in [0.1, 0.15) is 5.75 Å². The van der Waals surface area contributed by atoms with Crippen molar-refractivity contribution < 1.29 is 14.3 Å². The maximum absolute atomic E-state index is 11.5. The molecule has 0 radical (unpaired) electrons. The predicted molar refractivity (Wildman–Crippen MR) is 85.8 cm³/mol. The first kappa shape index (κ1) is 17.5. The molecule has 0 amide bonds. The van der Waals surface area contributed by atoms with Gasteiger partial charge in [0, 0.05) is 0 Å². The van der Waals surface area contributed by atoms with E-state index in [1.807, 2.05) is 24.3 Å². The van der Waals surface area contributed by atoms with Crippen LogP contribution in [-0.4, -0.2) is 12.8 Å². The van der Waals surface area contributed by atoms with Crippen LogP contribution in [0.5, 0.6) is 5.75 Å². The molecule has 0 heterocycles. The lowest BCUT2D eigenvalue weighted by Crippen LogP contribution is -2.11. The molecule has 3 nitrogen and oxygen atoms in total. The van der Waals surface area contributed by atoms with E-state index in [0.717, 1.165) is 25.7 Å². The first-order valence-electron chi connectivity index (χ1n) is 8.19. The molecule has 0 bridgehead atoms. The standard InChI is InChI=1S/C18H28O3/c1-3-5-6-7-8-9-15-20-18(19)21-17-13-11-16(10-4-2)12-14-17/h11-14H,3-10,15H2,1-2H3. The van der Waals surface area contributed by atoms with Crippen LogP contribution in [0.15, 0.2) is 24.3 Å². The molecule has 0 fully saturated rings. The van der Waals surface area contributed by atoms with E-state index in [0.29, 0.717) is 12.4 Å². The van der Waals surface area contributed by atoms with Gasteiger partial charge in [0.15, 0.2) is 0 Å². The second-order valence-corrected chi connectivity index (χ2v) is 5.36. The van der Waals surface area contributed by atoms with Crippen molar-refractivity contribution in [3.63, 3.8) is 0 Å². The fourth-order valence-corrected chi connectivity index (χ4v) is 2.18. The molecule has 0 unspecified atom stereocenters. The number of ether oxygens (including phenoxy) is 2. The average molecular weight is 292 g/mol. The van der Waals surface area contributed by atoms with E-state index in [1.54, 1.807) is 0 Å². The van der Waals surface area contributed by atoms with Crippen LogP contribution in [0, 0.1) is 0 Å². The van der Waals surface area contributed by atoms with E-state index >= 15 is 0 Å². The third kappa shape index (κ3) is 8.38. The van der Waals surface area contributed by atoms with E-state index in [9.17, 15) is 4.79 Å². The molecular weight excluding hydrogens is 264 g/mol. The first-order chi connectivity index (χ1) is 10.3. The summed E-state index contributed by atoms with van der Waals surface area (Å²) in [5.74, 6) is 0.544. The SMILES string of the molecule is CCCCCCCCOC(=O)Oc1ccc(CCC)cc1. The van der Waals surface area contributed by atoms with E-state index in [1.165, 1.54) is 31.2 Å². The van der Waals surface area contributed by atoms with Crippen LogP contribution in [-0.2, 0) is 11.2 Å². The highest BCUT2D eigenvalue weighted by Crippen LogP contribution is 2.14. The number of rotatable bonds is 10. The molecule has 0 aliphatic carbocycles. The van der Waals surface area contributed by atoms with Gasteiger partial charge in [-0.1, -0.05) is 64.5 Å². The van der Waals surface area contributed by atoms with Gasteiger partial charge in [0.25, 0.3) is 0 Å². The Morgan fingerprint density at radius 3 is 2.24 bits per heavy atom. The Balaban J connectivity index is 2.12. The van der Waals surface area contributed by atoms with Gasteiger partial charge in [-0.25, -0.2) is 4.79 Å². The smallest absolute Gasteiger partial charge is 0.434 e. The van der Waals surface area contributed by atoms with E-state index in [-0.39, 0.29) is 0 Å². The normalized spacial score (nSPS) is 10.4. The number of carbonyl (C=O) groups is 1. The van der Waals surface area contributed by atoms with Crippen LogP contribution in [0.4, 0.5) is 4.79 Å². The van der Waals surface area contributed by atoms with Crippen molar-refractivity contribution in [2.75, 3.05) is 6.61 Å². The quantitative estimate of drug-likeness (QED) is 0.324. The minimum Gasteiger partial charge on any atom is -0.434 e. The lowest BCUT2D eigenvalue weighted by atomic mass is 10.1. The molecule has 0 atom stereocenters. The van der Waals surface area contributed by atoms with Crippen molar-refractivity contribution in [2.24, 2.45) is 0 Å². The highest BCUT2D eigenvalue weighted by Gasteiger charge is 2.05. The summed E-state index contributed by atoms with van der Waals surface area (Å²) in [6.07, 6.45) is 8.59. The Kier molecular flexibility index (Phi) is 9.34. The van der Waals surface area contributed by atoms with Gasteiger partial charge < -0.3 is 9.47 Å². The van der Waals surface area contributed by atoms with Crippen LogP contribution in [0.2, 0.25) is 0 Å². The number of hydrogen-bond donors (Lipinski definition) is 0. The van der Waals surface area contributed by atoms with Gasteiger partial charge >= 0.3 is 6.16 Å². The van der Waals surface area contributed by atoms with Crippen molar-refractivity contribution >= 4 is 6.16 Å². The predicted octanol–water partition coefficient (Wildman–Crippen LogP) is 5.52. The minimum absolute atomic E-state index is 0.443. The number of unbranched alkanes of at least 4 members (excludes halogenated alkanes) is 5. The third-order valence-corrected chi connectivity index (χ3v) is 3.38. The van der Waals surface area contributed by atoms with E-state index < -0.39 is 6.16 Å². The molecule has 0 N–H and O–H groups in total. The maximum Gasteiger partial charge on any atom is 0.513 e. The van der Waals surface area contributed by atoms with Crippen molar-refractivity contribution in [3.05, 3.63) is 29.8 Å². The molecular formula is C18H28O3. The molecule has 0 aliphatic heterocycles. The summed E-state index contributed by atoms with van der Waals surface area (Å²) in [6, 6.07) is 7.60. The Morgan fingerprint density at radius 2 is 1.57 bits per heavy atom. The van der Waals surface area contributed by atoms with Crippen LogP contribution < -0.4 is 4.74 Å². The minimum atomic E-state index is -0.605. The highest BCUT2D eigenvalue weighted by atomic mass is 16.7. The van der Waals surface area contributed by atoms with Crippen LogP contribution >= 0.6 is 0 Å². The van der Waals surface area contributed by atoms with Crippen molar-refractivity contribution in [3.8, 4) is 5.75 Å². The highest BCUT2D eigenvalue weighted by molar-refractivity contribution is 5.63. The molecule has 1 aromatic rings. The molecule has 0 saturated heterocycles. The van der Waals surface area contributed by atoms with Crippen LogP contribution in [0.3, 0.4) is 0 Å². The summed E-state index contributed by atoms with van der Waals surface area (Å²) in [7, 11) is 0. The van der Waals surface area contributed by atoms with E-state index in [2.05, 4.69) is 13.8 Å². The summed E-state index contributed by atoms with van der Waals surface area (Å²) in [5.41, 5.74) is 1.25. The Morgan fingerprint density at radius 1 is 0.905 bits per heavy atom. The molecule has 3 heteroatoms. The summed E-state index contributed by atoms with van der Waals surface area (Å²) in [4.78, 5) is 11.5. The van der Waals surface area contributed by atoms with Gasteiger partial charge in [0.05, 0.1) is 6.61 Å². The molecule has 118 valence electrons. The second-order valence-electron chi connectivity index (χ2n) is 5.36. The fraction of sp³-hybridized carbons (Fsp3) is 0.611. The summed E-state index contributed by atoms with van der Waals surface area (Å²) in [6.45, 7) is 4.79. The summed E-state index contributed by atoms with van der Waals surface area (Å²) >= 11 is 0. The lowest BCUT2D eigenvalue weighted by molar-refractivity contribution is 0.0973.